The monoisotopic (exact) mass is 133 g/mol. The van der Waals surface area contributed by atoms with Crippen molar-refractivity contribution < 1.29 is 6.11 Å². The average molecular weight is 133 g/mol. The van der Waals surface area contributed by atoms with E-state index in [1.54, 1.807) is 6.08 Å². The lowest BCUT2D eigenvalue weighted by Gasteiger charge is -2.10. The Hall–Kier alpha value is -1.24. The molecule has 1 unspecified atom stereocenters. The summed E-state index contributed by atoms with van der Waals surface area (Å²) in [6.45, 7) is -0.537. The zero-order valence-corrected chi connectivity index (χ0v) is 5.45. The fraction of sp³-hybridized carbons (Fsp3) is 0.111. The molecule has 0 amide bonds. The number of fused-ring (bicyclic) bond motifs is 1. The van der Waals surface area contributed by atoms with Crippen molar-refractivity contribution in [3.8, 4) is 5.75 Å². The van der Waals surface area contributed by atoms with E-state index < -0.39 is 6.58 Å². The molecule has 0 aliphatic carbocycles. The highest BCUT2D eigenvalue weighted by Crippen LogP contribution is 2.21. The van der Waals surface area contributed by atoms with Crippen LogP contribution in [-0.2, 0) is 0 Å². The molecule has 0 radical (unpaired) electrons. The minimum Gasteiger partial charge on any atom is -0.489 e. The second-order valence-corrected chi connectivity index (χ2v) is 2.15. The van der Waals surface area contributed by atoms with Crippen molar-refractivity contribution in [2.75, 3.05) is 6.58 Å². The lowest BCUT2D eigenvalue weighted by Crippen LogP contribution is -1.98. The van der Waals surface area contributed by atoms with Gasteiger partial charge in [0.2, 0.25) is 0 Å². The van der Waals surface area contributed by atoms with Crippen molar-refractivity contribution in [2.24, 2.45) is 0 Å². The van der Waals surface area contributed by atoms with E-state index in [2.05, 4.69) is 0 Å². The van der Waals surface area contributed by atoms with Crippen LogP contribution in [0.5, 0.6) is 5.75 Å². The van der Waals surface area contributed by atoms with Crippen LogP contribution in [0.3, 0.4) is 0 Å². The van der Waals surface area contributed by atoms with E-state index >= 15 is 0 Å². The van der Waals surface area contributed by atoms with Crippen LogP contribution in [0.15, 0.2) is 30.3 Å². The first kappa shape index (κ1) is 4.56. The standard InChI is InChI=1S/C9H8O/c1-2-6-9-8(4-1)5-3-7-10-9/h1-6H,7H2/i7D. The van der Waals surface area contributed by atoms with Gasteiger partial charge in [0.05, 0.1) is 1.37 Å². The van der Waals surface area contributed by atoms with Gasteiger partial charge in [0, 0.05) is 5.56 Å². The Morgan fingerprint density at radius 1 is 1.40 bits per heavy atom. The summed E-state index contributed by atoms with van der Waals surface area (Å²) < 4.78 is 12.5. The van der Waals surface area contributed by atoms with Crippen LogP contribution in [0.2, 0.25) is 0 Å². The van der Waals surface area contributed by atoms with Crippen LogP contribution in [-0.4, -0.2) is 6.58 Å². The number of para-hydroxylation sites is 1. The fourth-order valence-electron chi connectivity index (χ4n) is 0.981. The molecule has 0 fully saturated rings. The van der Waals surface area contributed by atoms with Crippen LogP contribution < -0.4 is 4.74 Å². The minimum absolute atomic E-state index is 0.537. The van der Waals surface area contributed by atoms with E-state index in [0.29, 0.717) is 0 Å². The third kappa shape index (κ3) is 0.798. The molecule has 1 atom stereocenters. The van der Waals surface area contributed by atoms with Crippen molar-refractivity contribution in [1.82, 2.24) is 0 Å². The van der Waals surface area contributed by atoms with E-state index in [1.165, 1.54) is 0 Å². The largest absolute Gasteiger partial charge is 0.489 e. The van der Waals surface area contributed by atoms with Crippen LogP contribution >= 0.6 is 0 Å². The second-order valence-electron chi connectivity index (χ2n) is 2.15. The molecule has 1 nitrogen and oxygen atoms in total. The SMILES string of the molecule is [2H]C1C=Cc2ccccc2O1. The lowest BCUT2D eigenvalue weighted by atomic mass is 10.1. The molecule has 0 aromatic heterocycles. The van der Waals surface area contributed by atoms with Gasteiger partial charge >= 0.3 is 0 Å². The number of rotatable bonds is 0. The van der Waals surface area contributed by atoms with Crippen LogP contribution in [0.25, 0.3) is 6.08 Å². The highest BCUT2D eigenvalue weighted by molar-refractivity contribution is 5.58. The summed E-state index contributed by atoms with van der Waals surface area (Å²) in [5, 5.41) is 0. The van der Waals surface area contributed by atoms with Crippen LogP contribution in [0, 0.1) is 0 Å². The van der Waals surface area contributed by atoms with Crippen molar-refractivity contribution >= 4 is 6.08 Å². The molecule has 1 aliphatic rings. The molecule has 2 rings (SSSR count). The van der Waals surface area contributed by atoms with E-state index in [1.807, 2.05) is 30.3 Å². The van der Waals surface area contributed by atoms with E-state index in [9.17, 15) is 0 Å². The molecule has 0 N–H and O–H groups in total. The molecular formula is C9H8O. The van der Waals surface area contributed by atoms with E-state index in [-0.39, 0.29) is 0 Å². The number of hydrogen-bond acceptors (Lipinski definition) is 1. The Morgan fingerprint density at radius 3 is 3.30 bits per heavy atom. The van der Waals surface area contributed by atoms with Crippen molar-refractivity contribution in [1.29, 1.82) is 0 Å². The van der Waals surface area contributed by atoms with Gasteiger partial charge in [-0.3, -0.25) is 0 Å². The van der Waals surface area contributed by atoms with E-state index in [4.69, 9.17) is 6.11 Å². The molecule has 50 valence electrons. The van der Waals surface area contributed by atoms with Gasteiger partial charge in [-0.15, -0.1) is 0 Å². The lowest BCUT2D eigenvalue weighted by molar-refractivity contribution is 0.358. The Bertz CT molecular complexity index is 293. The smallest absolute Gasteiger partial charge is 0.126 e. The topological polar surface area (TPSA) is 9.23 Å². The fourth-order valence-corrected chi connectivity index (χ4v) is 0.981. The molecule has 1 aliphatic heterocycles. The summed E-state index contributed by atoms with van der Waals surface area (Å²) in [5.74, 6) is 0.801. The summed E-state index contributed by atoms with van der Waals surface area (Å²) in [7, 11) is 0. The van der Waals surface area contributed by atoms with Gasteiger partial charge in [-0.05, 0) is 12.1 Å². The van der Waals surface area contributed by atoms with Crippen LogP contribution in [0.1, 0.15) is 6.93 Å². The normalized spacial score (nSPS) is 22.8. The average Bonchev–Trinajstić information content (AvgIpc) is 2.04. The van der Waals surface area contributed by atoms with Gasteiger partial charge in [-0.25, -0.2) is 0 Å². The predicted octanol–water partition coefficient (Wildman–Crippen LogP) is 2.09. The van der Waals surface area contributed by atoms with Gasteiger partial charge in [-0.2, -0.15) is 0 Å². The molecular weight excluding hydrogens is 124 g/mol. The molecule has 1 aromatic carbocycles. The second kappa shape index (κ2) is 2.18. The molecule has 1 heteroatoms. The first-order chi connectivity index (χ1) is 5.36. The Kier molecular flexibility index (Phi) is 0.992. The van der Waals surface area contributed by atoms with Gasteiger partial charge in [0.15, 0.2) is 0 Å². The highest BCUT2D eigenvalue weighted by atomic mass is 16.5. The molecule has 1 heterocycles. The first-order valence-corrected chi connectivity index (χ1v) is 3.22. The highest BCUT2D eigenvalue weighted by Gasteiger charge is 2.01. The van der Waals surface area contributed by atoms with Crippen molar-refractivity contribution in [3.63, 3.8) is 0 Å². The maximum atomic E-state index is 7.29. The Balaban J connectivity index is 2.46. The summed E-state index contributed by atoms with van der Waals surface area (Å²) >= 11 is 0. The maximum absolute atomic E-state index is 7.29. The van der Waals surface area contributed by atoms with E-state index in [0.717, 1.165) is 11.3 Å². The number of benzene rings is 1. The van der Waals surface area contributed by atoms with Gasteiger partial charge in [0.1, 0.15) is 12.3 Å². The third-order valence-corrected chi connectivity index (χ3v) is 1.47. The van der Waals surface area contributed by atoms with Crippen LogP contribution in [0.4, 0.5) is 0 Å². The Labute approximate surface area is 61.3 Å². The summed E-state index contributed by atoms with van der Waals surface area (Å²) in [4.78, 5) is 0. The minimum atomic E-state index is -0.537. The zero-order chi connectivity index (χ0) is 7.68. The molecule has 0 spiro atoms. The summed E-state index contributed by atoms with van der Waals surface area (Å²) in [6, 6.07) is 7.71. The zero-order valence-electron chi connectivity index (χ0n) is 6.45. The molecule has 0 saturated heterocycles. The predicted molar refractivity (Wildman–Crippen MR) is 41.0 cm³/mol. The van der Waals surface area contributed by atoms with Gasteiger partial charge < -0.3 is 4.74 Å². The van der Waals surface area contributed by atoms with Gasteiger partial charge in [0.25, 0.3) is 0 Å². The van der Waals surface area contributed by atoms with Crippen molar-refractivity contribution in [2.45, 2.75) is 0 Å². The third-order valence-electron chi connectivity index (χ3n) is 1.47. The maximum Gasteiger partial charge on any atom is 0.126 e. The molecule has 1 aromatic rings. The first-order valence-electron chi connectivity index (χ1n) is 3.80. The Morgan fingerprint density at radius 2 is 2.30 bits per heavy atom. The molecule has 0 saturated carbocycles. The van der Waals surface area contributed by atoms with Gasteiger partial charge in [-0.1, -0.05) is 24.3 Å². The quantitative estimate of drug-likeness (QED) is 0.526. The number of ether oxygens (including phenoxy) is 1. The summed E-state index contributed by atoms with van der Waals surface area (Å²) in [5.41, 5.74) is 1.05. The molecule has 0 bridgehead atoms. The summed E-state index contributed by atoms with van der Waals surface area (Å²) in [6.07, 6.45) is 3.64. The number of hydrogen-bond donors (Lipinski definition) is 0. The van der Waals surface area contributed by atoms with Crippen molar-refractivity contribution in [3.05, 3.63) is 35.9 Å². The molecule has 10 heavy (non-hydrogen) atoms.